The van der Waals surface area contributed by atoms with Gasteiger partial charge in [0.25, 0.3) is 10.0 Å². The summed E-state index contributed by atoms with van der Waals surface area (Å²) in [6.07, 6.45) is 0. The number of benzene rings is 3. The highest BCUT2D eigenvalue weighted by atomic mass is 32.2. The van der Waals surface area contributed by atoms with Crippen molar-refractivity contribution < 1.29 is 22.7 Å². The van der Waals surface area contributed by atoms with Gasteiger partial charge >= 0.3 is 0 Å². The second-order valence-electron chi connectivity index (χ2n) is 10.6. The van der Waals surface area contributed by atoms with E-state index in [4.69, 9.17) is 4.74 Å². The molecule has 0 saturated heterocycles. The van der Waals surface area contributed by atoms with Crippen LogP contribution in [0.25, 0.3) is 0 Å². The van der Waals surface area contributed by atoms with E-state index in [0.29, 0.717) is 24.6 Å². The Kier molecular flexibility index (Phi) is 10.9. The molecule has 0 spiro atoms. The van der Waals surface area contributed by atoms with Crippen molar-refractivity contribution in [1.29, 1.82) is 0 Å². The van der Waals surface area contributed by atoms with E-state index in [2.05, 4.69) is 5.32 Å². The average molecular weight is 580 g/mol. The summed E-state index contributed by atoms with van der Waals surface area (Å²) in [5.74, 6) is 0.0330. The van der Waals surface area contributed by atoms with Gasteiger partial charge in [0.15, 0.2) is 0 Å². The smallest absolute Gasteiger partial charge is 0.264 e. The van der Waals surface area contributed by atoms with E-state index in [0.717, 1.165) is 21.0 Å². The third kappa shape index (κ3) is 8.57. The summed E-state index contributed by atoms with van der Waals surface area (Å²) in [6, 6.07) is 19.9. The van der Waals surface area contributed by atoms with Gasteiger partial charge in [-0.05, 0) is 75.6 Å². The number of amides is 2. The zero-order chi connectivity index (χ0) is 30.2. The van der Waals surface area contributed by atoms with Crippen LogP contribution >= 0.6 is 0 Å². The third-order valence-electron chi connectivity index (χ3n) is 6.61. The van der Waals surface area contributed by atoms with Gasteiger partial charge in [0.05, 0.1) is 17.2 Å². The molecular weight excluding hydrogens is 538 g/mol. The van der Waals surface area contributed by atoms with Crippen LogP contribution in [-0.2, 0) is 26.2 Å². The molecule has 0 radical (unpaired) electrons. The lowest BCUT2D eigenvalue weighted by Crippen LogP contribution is -2.51. The SMILES string of the molecule is CCOc1ccc(N(CC(=O)N(Cc2cccc(C)c2)[C@H](C)C(=O)NCC(C)C)S(=O)(=O)c2ccc(C)cc2)cc1. The van der Waals surface area contributed by atoms with E-state index in [1.165, 1.54) is 17.0 Å². The van der Waals surface area contributed by atoms with E-state index in [9.17, 15) is 18.0 Å². The van der Waals surface area contributed by atoms with E-state index in [-0.39, 0.29) is 23.3 Å². The Morgan fingerprint density at radius 1 is 0.902 bits per heavy atom. The Labute approximate surface area is 244 Å². The average Bonchev–Trinajstić information content (AvgIpc) is 2.93. The molecule has 3 aromatic rings. The Bertz CT molecular complexity index is 1420. The molecule has 0 bridgehead atoms. The predicted octanol–water partition coefficient (Wildman–Crippen LogP) is 5.09. The zero-order valence-corrected chi connectivity index (χ0v) is 25.6. The molecule has 0 aliphatic rings. The van der Waals surface area contributed by atoms with E-state index >= 15 is 0 Å². The predicted molar refractivity (Wildman–Crippen MR) is 162 cm³/mol. The number of rotatable bonds is 13. The van der Waals surface area contributed by atoms with Gasteiger partial charge < -0.3 is 15.0 Å². The van der Waals surface area contributed by atoms with Crippen molar-refractivity contribution >= 4 is 27.5 Å². The number of carbonyl (C=O) groups excluding carboxylic acids is 2. The normalized spacial score (nSPS) is 12.1. The minimum atomic E-state index is -4.13. The lowest BCUT2D eigenvalue weighted by Gasteiger charge is -2.32. The molecule has 41 heavy (non-hydrogen) atoms. The van der Waals surface area contributed by atoms with Crippen molar-refractivity contribution in [3.05, 3.63) is 89.5 Å². The fraction of sp³-hybridized carbons (Fsp3) is 0.375. The Hall–Kier alpha value is -3.85. The molecule has 0 fully saturated rings. The topological polar surface area (TPSA) is 96.0 Å². The molecule has 0 aliphatic heterocycles. The van der Waals surface area contributed by atoms with Gasteiger partial charge in [-0.3, -0.25) is 13.9 Å². The summed E-state index contributed by atoms with van der Waals surface area (Å²) >= 11 is 0. The summed E-state index contributed by atoms with van der Waals surface area (Å²) in [4.78, 5) is 28.6. The fourth-order valence-corrected chi connectivity index (χ4v) is 5.70. The molecule has 0 unspecified atom stereocenters. The molecule has 9 heteroatoms. The van der Waals surface area contributed by atoms with Crippen molar-refractivity contribution in [1.82, 2.24) is 10.2 Å². The van der Waals surface area contributed by atoms with Crippen molar-refractivity contribution in [2.75, 3.05) is 24.0 Å². The molecule has 1 atom stereocenters. The van der Waals surface area contributed by atoms with Crippen LogP contribution in [0.3, 0.4) is 0 Å². The van der Waals surface area contributed by atoms with Gasteiger partial charge in [-0.1, -0.05) is 61.4 Å². The molecule has 1 N–H and O–H groups in total. The van der Waals surface area contributed by atoms with Crippen molar-refractivity contribution in [3.63, 3.8) is 0 Å². The quantitative estimate of drug-likeness (QED) is 0.305. The molecular formula is C32H41N3O5S. The second kappa shape index (κ2) is 14.2. The van der Waals surface area contributed by atoms with Crippen LogP contribution in [-0.4, -0.2) is 50.9 Å². The van der Waals surface area contributed by atoms with Crippen molar-refractivity contribution in [2.45, 2.75) is 59.0 Å². The first kappa shape index (κ1) is 31.7. The molecule has 2 amide bonds. The Morgan fingerprint density at radius 3 is 2.15 bits per heavy atom. The van der Waals surface area contributed by atoms with Gasteiger partial charge in [-0.2, -0.15) is 0 Å². The largest absolute Gasteiger partial charge is 0.494 e. The number of nitrogens with zero attached hydrogens (tertiary/aromatic N) is 2. The minimum absolute atomic E-state index is 0.0674. The third-order valence-corrected chi connectivity index (χ3v) is 8.40. The zero-order valence-electron chi connectivity index (χ0n) is 24.8. The molecule has 0 saturated carbocycles. The van der Waals surface area contributed by atoms with Crippen LogP contribution in [0.2, 0.25) is 0 Å². The summed E-state index contributed by atoms with van der Waals surface area (Å²) in [6.45, 7) is 11.9. The minimum Gasteiger partial charge on any atom is -0.494 e. The van der Waals surface area contributed by atoms with Gasteiger partial charge in [0.2, 0.25) is 11.8 Å². The number of ether oxygens (including phenoxy) is 1. The lowest BCUT2D eigenvalue weighted by molar-refractivity contribution is -0.139. The highest BCUT2D eigenvalue weighted by Gasteiger charge is 2.32. The fourth-order valence-electron chi connectivity index (χ4n) is 4.28. The summed E-state index contributed by atoms with van der Waals surface area (Å²) in [5, 5.41) is 2.90. The summed E-state index contributed by atoms with van der Waals surface area (Å²) in [7, 11) is -4.13. The number of aryl methyl sites for hydroxylation is 2. The highest BCUT2D eigenvalue weighted by Crippen LogP contribution is 2.27. The summed E-state index contributed by atoms with van der Waals surface area (Å²) < 4.78 is 34.5. The number of sulfonamides is 1. The standard InChI is InChI=1S/C32H41N3O5S/c1-7-40-29-15-13-28(14-16-29)35(41(38,39)30-17-11-24(4)12-18-30)22-31(36)34(21-27-10-8-9-25(5)19-27)26(6)32(37)33-20-23(2)3/h8-19,23,26H,7,20-22H2,1-6H3,(H,33,37)/t26-/m1/s1. The molecule has 220 valence electrons. The monoisotopic (exact) mass is 579 g/mol. The number of hydrogen-bond acceptors (Lipinski definition) is 5. The molecule has 8 nitrogen and oxygen atoms in total. The Balaban J connectivity index is 2.02. The Morgan fingerprint density at radius 2 is 1.56 bits per heavy atom. The number of nitrogens with one attached hydrogen (secondary N) is 1. The van der Waals surface area contributed by atoms with Crippen LogP contribution in [0.5, 0.6) is 5.75 Å². The highest BCUT2D eigenvalue weighted by molar-refractivity contribution is 7.92. The van der Waals surface area contributed by atoms with Gasteiger partial charge in [-0.25, -0.2) is 8.42 Å². The second-order valence-corrected chi connectivity index (χ2v) is 12.4. The van der Waals surface area contributed by atoms with Crippen LogP contribution in [0.4, 0.5) is 5.69 Å². The van der Waals surface area contributed by atoms with E-state index < -0.39 is 28.5 Å². The van der Waals surface area contributed by atoms with Crippen molar-refractivity contribution in [3.8, 4) is 5.75 Å². The van der Waals surface area contributed by atoms with Crippen LogP contribution in [0, 0.1) is 19.8 Å². The van der Waals surface area contributed by atoms with Gasteiger partial charge in [-0.15, -0.1) is 0 Å². The van der Waals surface area contributed by atoms with Gasteiger partial charge in [0, 0.05) is 13.1 Å². The molecule has 3 aromatic carbocycles. The van der Waals surface area contributed by atoms with Crippen LogP contribution in [0.15, 0.2) is 77.7 Å². The maximum absolute atomic E-state index is 14.0. The number of carbonyl (C=O) groups is 2. The van der Waals surface area contributed by atoms with Crippen LogP contribution < -0.4 is 14.4 Å². The first-order valence-electron chi connectivity index (χ1n) is 13.9. The maximum atomic E-state index is 14.0. The molecule has 0 aromatic heterocycles. The number of hydrogen-bond donors (Lipinski definition) is 1. The van der Waals surface area contributed by atoms with Crippen molar-refractivity contribution in [2.24, 2.45) is 5.92 Å². The van der Waals surface area contributed by atoms with Gasteiger partial charge in [0.1, 0.15) is 18.3 Å². The molecule has 3 rings (SSSR count). The van der Waals surface area contributed by atoms with E-state index in [1.54, 1.807) is 43.3 Å². The van der Waals surface area contributed by atoms with E-state index in [1.807, 2.05) is 58.9 Å². The summed E-state index contributed by atoms with van der Waals surface area (Å²) in [5.41, 5.74) is 3.09. The molecule has 0 aliphatic carbocycles. The number of anilines is 1. The van der Waals surface area contributed by atoms with Crippen LogP contribution in [0.1, 0.15) is 44.4 Å². The maximum Gasteiger partial charge on any atom is 0.264 e. The molecule has 0 heterocycles. The first-order valence-corrected chi connectivity index (χ1v) is 15.3. The lowest BCUT2D eigenvalue weighted by atomic mass is 10.1. The first-order chi connectivity index (χ1) is 19.4.